The SMILES string of the molecule is O=C(CCCCCN1CCc2oc3ccccc3c2C1)c1ccc(F)cc1. The van der Waals surface area contributed by atoms with Crippen molar-refractivity contribution in [2.45, 2.75) is 38.6 Å². The summed E-state index contributed by atoms with van der Waals surface area (Å²) in [6, 6.07) is 14.1. The zero-order valence-electron chi connectivity index (χ0n) is 15.4. The average molecular weight is 365 g/mol. The lowest BCUT2D eigenvalue weighted by Crippen LogP contribution is -2.30. The molecular formula is C23H24FNO2. The Bertz CT molecular complexity index is 929. The van der Waals surface area contributed by atoms with Gasteiger partial charge in [0.05, 0.1) is 0 Å². The summed E-state index contributed by atoms with van der Waals surface area (Å²) in [6.45, 7) is 3.02. The summed E-state index contributed by atoms with van der Waals surface area (Å²) in [5.74, 6) is 0.932. The lowest BCUT2D eigenvalue weighted by atomic mass is 10.0. The normalized spacial score (nSPS) is 14.4. The third kappa shape index (κ3) is 4.11. The highest BCUT2D eigenvalue weighted by atomic mass is 19.1. The number of hydrogen-bond donors (Lipinski definition) is 0. The molecule has 27 heavy (non-hydrogen) atoms. The molecule has 1 aliphatic rings. The van der Waals surface area contributed by atoms with Crippen LogP contribution in [0.2, 0.25) is 0 Å². The van der Waals surface area contributed by atoms with Crippen LogP contribution in [0.1, 0.15) is 47.4 Å². The molecule has 140 valence electrons. The van der Waals surface area contributed by atoms with Crippen LogP contribution in [0.15, 0.2) is 52.9 Å². The molecule has 0 bridgehead atoms. The number of ketones is 1. The maximum atomic E-state index is 12.9. The highest BCUT2D eigenvalue weighted by molar-refractivity contribution is 5.95. The molecule has 0 amide bonds. The number of furan rings is 1. The van der Waals surface area contributed by atoms with E-state index in [-0.39, 0.29) is 11.6 Å². The number of rotatable bonds is 7. The number of benzene rings is 2. The minimum Gasteiger partial charge on any atom is -0.461 e. The number of halogens is 1. The van der Waals surface area contributed by atoms with Crippen LogP contribution in [-0.4, -0.2) is 23.8 Å². The first-order valence-corrected chi connectivity index (χ1v) is 9.71. The summed E-state index contributed by atoms with van der Waals surface area (Å²) in [5, 5.41) is 1.24. The van der Waals surface area contributed by atoms with Crippen LogP contribution in [0.25, 0.3) is 11.0 Å². The Balaban J connectivity index is 1.22. The largest absolute Gasteiger partial charge is 0.461 e. The molecule has 4 heteroatoms. The van der Waals surface area contributed by atoms with Crippen molar-refractivity contribution in [2.75, 3.05) is 13.1 Å². The summed E-state index contributed by atoms with van der Waals surface area (Å²) >= 11 is 0. The molecule has 2 aromatic carbocycles. The third-order valence-electron chi connectivity index (χ3n) is 5.36. The lowest BCUT2D eigenvalue weighted by Gasteiger charge is -2.26. The zero-order chi connectivity index (χ0) is 18.6. The van der Waals surface area contributed by atoms with Crippen molar-refractivity contribution in [1.29, 1.82) is 0 Å². The summed E-state index contributed by atoms with van der Waals surface area (Å²) < 4.78 is 18.9. The van der Waals surface area contributed by atoms with E-state index in [0.29, 0.717) is 12.0 Å². The summed E-state index contributed by atoms with van der Waals surface area (Å²) in [6.07, 6.45) is 4.49. The molecule has 4 rings (SSSR count). The molecule has 2 heterocycles. The lowest BCUT2D eigenvalue weighted by molar-refractivity contribution is 0.0978. The molecule has 0 atom stereocenters. The summed E-state index contributed by atoms with van der Waals surface area (Å²) in [7, 11) is 0. The van der Waals surface area contributed by atoms with Crippen molar-refractivity contribution < 1.29 is 13.6 Å². The van der Waals surface area contributed by atoms with Gasteiger partial charge in [0.25, 0.3) is 0 Å². The second-order valence-corrected chi connectivity index (χ2v) is 7.27. The average Bonchev–Trinajstić information content (AvgIpc) is 3.06. The van der Waals surface area contributed by atoms with Crippen molar-refractivity contribution in [1.82, 2.24) is 4.90 Å². The van der Waals surface area contributed by atoms with Crippen molar-refractivity contribution in [3.05, 3.63) is 71.2 Å². The van der Waals surface area contributed by atoms with Crippen LogP contribution < -0.4 is 0 Å². The van der Waals surface area contributed by atoms with E-state index < -0.39 is 0 Å². The molecule has 0 saturated carbocycles. The number of para-hydroxylation sites is 1. The van der Waals surface area contributed by atoms with Crippen LogP contribution in [0.5, 0.6) is 0 Å². The number of fused-ring (bicyclic) bond motifs is 3. The van der Waals surface area contributed by atoms with Gasteiger partial charge < -0.3 is 4.42 Å². The molecule has 3 aromatic rings. The van der Waals surface area contributed by atoms with E-state index in [4.69, 9.17) is 4.42 Å². The number of carbonyl (C=O) groups is 1. The molecule has 0 radical (unpaired) electrons. The molecule has 3 nitrogen and oxygen atoms in total. The van der Waals surface area contributed by atoms with Gasteiger partial charge in [-0.1, -0.05) is 24.6 Å². The second kappa shape index (κ2) is 8.05. The van der Waals surface area contributed by atoms with E-state index in [2.05, 4.69) is 17.0 Å². The van der Waals surface area contributed by atoms with Gasteiger partial charge in [0.1, 0.15) is 17.2 Å². The molecule has 0 aliphatic carbocycles. The molecule has 0 N–H and O–H groups in total. The maximum Gasteiger partial charge on any atom is 0.162 e. The molecule has 1 aliphatic heterocycles. The van der Waals surface area contributed by atoms with Gasteiger partial charge in [-0.25, -0.2) is 4.39 Å². The Hall–Kier alpha value is -2.46. The molecule has 0 spiro atoms. The van der Waals surface area contributed by atoms with E-state index in [9.17, 15) is 9.18 Å². The fourth-order valence-electron chi connectivity index (χ4n) is 3.86. The fraction of sp³-hybridized carbons (Fsp3) is 0.348. The van der Waals surface area contributed by atoms with E-state index in [1.165, 1.54) is 23.1 Å². The minimum atomic E-state index is -0.304. The molecular weight excluding hydrogens is 341 g/mol. The highest BCUT2D eigenvalue weighted by Gasteiger charge is 2.21. The summed E-state index contributed by atoms with van der Waals surface area (Å²) in [5.41, 5.74) is 2.93. The molecule has 0 unspecified atom stereocenters. The first kappa shape index (κ1) is 17.9. The van der Waals surface area contributed by atoms with Gasteiger partial charge in [-0.2, -0.15) is 0 Å². The summed E-state index contributed by atoms with van der Waals surface area (Å²) in [4.78, 5) is 14.6. The van der Waals surface area contributed by atoms with Crippen molar-refractivity contribution in [2.24, 2.45) is 0 Å². The Labute approximate surface area is 158 Å². The minimum absolute atomic E-state index is 0.0995. The van der Waals surface area contributed by atoms with Crippen LogP contribution in [0.4, 0.5) is 4.39 Å². The number of carbonyl (C=O) groups excluding carboxylic acids is 1. The topological polar surface area (TPSA) is 33.5 Å². The predicted molar refractivity (Wildman–Crippen MR) is 104 cm³/mol. The van der Waals surface area contributed by atoms with Crippen LogP contribution >= 0.6 is 0 Å². The number of nitrogens with zero attached hydrogens (tertiary/aromatic N) is 1. The van der Waals surface area contributed by atoms with Gasteiger partial charge in [0.2, 0.25) is 0 Å². The Kier molecular flexibility index (Phi) is 5.35. The highest BCUT2D eigenvalue weighted by Crippen LogP contribution is 2.30. The molecule has 1 aromatic heterocycles. The van der Waals surface area contributed by atoms with Gasteiger partial charge in [-0.05, 0) is 49.7 Å². The maximum absolute atomic E-state index is 12.9. The smallest absolute Gasteiger partial charge is 0.162 e. The van der Waals surface area contributed by atoms with Gasteiger partial charge >= 0.3 is 0 Å². The van der Waals surface area contributed by atoms with Crippen molar-refractivity contribution in [3.8, 4) is 0 Å². The van der Waals surface area contributed by atoms with E-state index in [1.54, 1.807) is 12.1 Å². The standard InChI is InChI=1S/C23H24FNO2/c24-18-11-9-17(10-12-18)21(26)7-2-1-5-14-25-15-13-23-20(16-25)19-6-3-4-8-22(19)27-23/h3-4,6,8-12H,1-2,5,7,13-16H2. The van der Waals surface area contributed by atoms with E-state index in [0.717, 1.165) is 56.7 Å². The zero-order valence-corrected chi connectivity index (χ0v) is 15.4. The van der Waals surface area contributed by atoms with Crippen molar-refractivity contribution in [3.63, 3.8) is 0 Å². The monoisotopic (exact) mass is 365 g/mol. The van der Waals surface area contributed by atoms with Gasteiger partial charge in [0, 0.05) is 42.4 Å². The Morgan fingerprint density at radius 3 is 2.70 bits per heavy atom. The van der Waals surface area contributed by atoms with Crippen LogP contribution in [0.3, 0.4) is 0 Å². The van der Waals surface area contributed by atoms with E-state index >= 15 is 0 Å². The number of hydrogen-bond acceptors (Lipinski definition) is 3. The Morgan fingerprint density at radius 1 is 1.04 bits per heavy atom. The first-order valence-electron chi connectivity index (χ1n) is 9.71. The Morgan fingerprint density at radius 2 is 1.85 bits per heavy atom. The predicted octanol–water partition coefficient (Wildman–Crippen LogP) is 5.37. The van der Waals surface area contributed by atoms with Crippen LogP contribution in [0, 0.1) is 5.82 Å². The second-order valence-electron chi connectivity index (χ2n) is 7.27. The van der Waals surface area contributed by atoms with Crippen molar-refractivity contribution >= 4 is 16.8 Å². The quantitative estimate of drug-likeness (QED) is 0.417. The van der Waals surface area contributed by atoms with Gasteiger partial charge in [0.15, 0.2) is 5.78 Å². The van der Waals surface area contributed by atoms with Gasteiger partial charge in [-0.15, -0.1) is 0 Å². The fourth-order valence-corrected chi connectivity index (χ4v) is 3.86. The van der Waals surface area contributed by atoms with E-state index in [1.807, 2.05) is 12.1 Å². The first-order chi connectivity index (χ1) is 13.2. The number of Topliss-reactive ketones (excluding diaryl/α,β-unsaturated/α-hetero) is 1. The third-order valence-corrected chi connectivity index (χ3v) is 5.36. The molecule has 0 saturated heterocycles. The number of unbranched alkanes of at least 4 members (excludes halogenated alkanes) is 2. The van der Waals surface area contributed by atoms with Crippen LogP contribution in [-0.2, 0) is 13.0 Å². The van der Waals surface area contributed by atoms with Gasteiger partial charge in [-0.3, -0.25) is 9.69 Å². The molecule has 0 fully saturated rings.